The fourth-order valence-corrected chi connectivity index (χ4v) is 4.53. The second-order valence-corrected chi connectivity index (χ2v) is 9.24. The van der Waals surface area contributed by atoms with Crippen molar-refractivity contribution in [3.8, 4) is 0 Å². The third kappa shape index (κ3) is 5.63. The maximum Gasteiger partial charge on any atom is 0.240 e. The Labute approximate surface area is 181 Å². The first-order valence-electron chi connectivity index (χ1n) is 9.44. The highest BCUT2D eigenvalue weighted by atomic mass is 32.2. The molecule has 0 aliphatic rings. The molecule has 30 heavy (non-hydrogen) atoms. The molecule has 0 radical (unpaired) electrons. The number of benzene rings is 3. The Hall–Kier alpha value is -2.81. The minimum atomic E-state index is -3.56. The van der Waals surface area contributed by atoms with Gasteiger partial charge < -0.3 is 10.6 Å². The van der Waals surface area contributed by atoms with Crippen molar-refractivity contribution in [1.82, 2.24) is 10.0 Å². The summed E-state index contributed by atoms with van der Waals surface area (Å²) in [4.78, 5) is 12.6. The van der Waals surface area contributed by atoms with Crippen LogP contribution >= 0.6 is 12.2 Å². The van der Waals surface area contributed by atoms with Crippen molar-refractivity contribution in [2.45, 2.75) is 31.2 Å². The van der Waals surface area contributed by atoms with Crippen LogP contribution in [0.5, 0.6) is 0 Å². The number of hydrogen-bond donors (Lipinski definition) is 3. The van der Waals surface area contributed by atoms with E-state index in [0.717, 1.165) is 16.3 Å². The van der Waals surface area contributed by atoms with E-state index in [-0.39, 0.29) is 28.4 Å². The van der Waals surface area contributed by atoms with E-state index in [1.54, 1.807) is 26.0 Å². The molecule has 1 amide bonds. The van der Waals surface area contributed by atoms with E-state index < -0.39 is 10.0 Å². The van der Waals surface area contributed by atoms with Crippen molar-refractivity contribution in [3.63, 3.8) is 0 Å². The summed E-state index contributed by atoms with van der Waals surface area (Å²) in [5, 5.41) is 7.82. The van der Waals surface area contributed by atoms with Crippen LogP contribution < -0.4 is 15.4 Å². The van der Waals surface area contributed by atoms with E-state index in [2.05, 4.69) is 15.4 Å². The average Bonchev–Trinajstić information content (AvgIpc) is 2.67. The molecule has 0 saturated heterocycles. The summed E-state index contributed by atoms with van der Waals surface area (Å²) in [6.07, 6.45) is 0.196. The Morgan fingerprint density at radius 2 is 1.63 bits per heavy atom. The Morgan fingerprint density at radius 1 is 0.967 bits per heavy atom. The summed E-state index contributed by atoms with van der Waals surface area (Å²) in [6, 6.07) is 19.7. The fourth-order valence-electron chi connectivity index (χ4n) is 3.05. The average molecular weight is 442 g/mol. The molecule has 3 aromatic rings. The van der Waals surface area contributed by atoms with Gasteiger partial charge in [0.25, 0.3) is 0 Å². The molecular formula is C22H23N3O3S2. The molecule has 0 aromatic heterocycles. The van der Waals surface area contributed by atoms with E-state index in [1.165, 1.54) is 12.1 Å². The van der Waals surface area contributed by atoms with Crippen LogP contribution in [0.4, 0.5) is 5.69 Å². The van der Waals surface area contributed by atoms with E-state index in [0.29, 0.717) is 5.69 Å². The SMILES string of the molecule is CC(C)NS(=O)(=O)c1ccc(NC(=S)NC(=O)Cc2cccc3ccccc23)cc1. The smallest absolute Gasteiger partial charge is 0.240 e. The number of thiocarbonyl (C=S) groups is 1. The summed E-state index contributed by atoms with van der Waals surface area (Å²) in [6.45, 7) is 3.51. The van der Waals surface area contributed by atoms with Gasteiger partial charge in [-0.15, -0.1) is 0 Å². The third-order valence-electron chi connectivity index (χ3n) is 4.30. The zero-order valence-corrected chi connectivity index (χ0v) is 18.3. The molecule has 3 N–H and O–H groups in total. The van der Waals surface area contributed by atoms with Crippen LogP contribution in [-0.2, 0) is 21.2 Å². The van der Waals surface area contributed by atoms with Crippen molar-refractivity contribution in [2.75, 3.05) is 5.32 Å². The Bertz CT molecular complexity index is 1170. The first-order chi connectivity index (χ1) is 14.2. The van der Waals surface area contributed by atoms with Gasteiger partial charge in [-0.3, -0.25) is 4.79 Å². The Kier molecular flexibility index (Phi) is 6.81. The summed E-state index contributed by atoms with van der Waals surface area (Å²) >= 11 is 5.21. The second-order valence-electron chi connectivity index (χ2n) is 7.12. The van der Waals surface area contributed by atoms with Crippen molar-refractivity contribution >= 4 is 49.7 Å². The quantitative estimate of drug-likeness (QED) is 0.509. The Balaban J connectivity index is 1.60. The van der Waals surface area contributed by atoms with E-state index >= 15 is 0 Å². The summed E-state index contributed by atoms with van der Waals surface area (Å²) in [5.74, 6) is -0.232. The first kappa shape index (κ1) is 21.9. The lowest BCUT2D eigenvalue weighted by molar-refractivity contribution is -0.119. The van der Waals surface area contributed by atoms with E-state index in [1.807, 2.05) is 42.5 Å². The van der Waals surface area contributed by atoms with Gasteiger partial charge in [-0.1, -0.05) is 42.5 Å². The van der Waals surface area contributed by atoms with Gasteiger partial charge in [0.15, 0.2) is 5.11 Å². The number of fused-ring (bicyclic) bond motifs is 1. The van der Waals surface area contributed by atoms with E-state index in [4.69, 9.17) is 12.2 Å². The molecule has 0 fully saturated rings. The van der Waals surface area contributed by atoms with Gasteiger partial charge in [0.05, 0.1) is 11.3 Å². The molecule has 0 aliphatic heterocycles. The number of sulfonamides is 1. The van der Waals surface area contributed by atoms with Gasteiger partial charge in [-0.05, 0) is 66.7 Å². The Morgan fingerprint density at radius 3 is 2.33 bits per heavy atom. The lowest BCUT2D eigenvalue weighted by atomic mass is 10.0. The largest absolute Gasteiger partial charge is 0.332 e. The topological polar surface area (TPSA) is 87.3 Å². The van der Waals surface area contributed by atoms with Crippen molar-refractivity contribution in [2.24, 2.45) is 0 Å². The van der Waals surface area contributed by atoms with Crippen LogP contribution in [0.3, 0.4) is 0 Å². The molecule has 3 rings (SSSR count). The van der Waals surface area contributed by atoms with Crippen molar-refractivity contribution in [1.29, 1.82) is 0 Å². The standard InChI is InChI=1S/C22H23N3O3S2/c1-15(2)25-30(27,28)19-12-10-18(11-13-19)23-22(29)24-21(26)14-17-8-5-7-16-6-3-4-9-20(16)17/h3-13,15,25H,14H2,1-2H3,(H2,23,24,26,29). The van der Waals surface area contributed by atoms with Gasteiger partial charge in [-0.2, -0.15) is 0 Å². The van der Waals surface area contributed by atoms with Crippen molar-refractivity contribution in [3.05, 3.63) is 72.3 Å². The molecule has 8 heteroatoms. The number of anilines is 1. The van der Waals surface area contributed by atoms with Gasteiger partial charge in [0.1, 0.15) is 0 Å². The number of rotatable bonds is 6. The summed E-state index contributed by atoms with van der Waals surface area (Å²) in [5.41, 5.74) is 1.49. The zero-order chi connectivity index (χ0) is 21.7. The van der Waals surface area contributed by atoms with Crippen LogP contribution in [0.15, 0.2) is 71.6 Å². The van der Waals surface area contributed by atoms with Crippen LogP contribution in [0, 0.1) is 0 Å². The van der Waals surface area contributed by atoms with Gasteiger partial charge in [-0.25, -0.2) is 13.1 Å². The van der Waals surface area contributed by atoms with Crippen LogP contribution in [0.25, 0.3) is 10.8 Å². The maximum atomic E-state index is 12.4. The number of amides is 1. The predicted octanol–water partition coefficient (Wildman–Crippen LogP) is 3.58. The van der Waals surface area contributed by atoms with Crippen LogP contribution in [0.2, 0.25) is 0 Å². The molecule has 6 nitrogen and oxygen atoms in total. The van der Waals surface area contributed by atoms with Crippen LogP contribution in [-0.4, -0.2) is 25.5 Å². The fraction of sp³-hybridized carbons (Fsp3) is 0.182. The molecule has 0 atom stereocenters. The lowest BCUT2D eigenvalue weighted by Crippen LogP contribution is -2.35. The van der Waals surface area contributed by atoms with Gasteiger partial charge in [0, 0.05) is 11.7 Å². The highest BCUT2D eigenvalue weighted by Crippen LogP contribution is 2.19. The molecule has 0 unspecified atom stereocenters. The number of hydrogen-bond acceptors (Lipinski definition) is 4. The number of nitrogens with one attached hydrogen (secondary N) is 3. The van der Waals surface area contributed by atoms with E-state index in [9.17, 15) is 13.2 Å². The van der Waals surface area contributed by atoms with Gasteiger partial charge >= 0.3 is 0 Å². The zero-order valence-electron chi connectivity index (χ0n) is 16.7. The molecule has 0 heterocycles. The first-order valence-corrected chi connectivity index (χ1v) is 11.3. The molecule has 156 valence electrons. The summed E-state index contributed by atoms with van der Waals surface area (Å²) in [7, 11) is -3.56. The van der Waals surface area contributed by atoms with Crippen LogP contribution in [0.1, 0.15) is 19.4 Å². The highest BCUT2D eigenvalue weighted by Gasteiger charge is 2.15. The number of carbonyl (C=O) groups is 1. The molecule has 0 saturated carbocycles. The predicted molar refractivity (Wildman–Crippen MR) is 124 cm³/mol. The number of carbonyl (C=O) groups excluding carboxylic acids is 1. The third-order valence-corrected chi connectivity index (χ3v) is 6.18. The second kappa shape index (κ2) is 9.34. The molecule has 3 aromatic carbocycles. The monoisotopic (exact) mass is 441 g/mol. The molecule has 0 spiro atoms. The molecule has 0 aliphatic carbocycles. The normalized spacial score (nSPS) is 11.4. The highest BCUT2D eigenvalue weighted by molar-refractivity contribution is 7.89. The van der Waals surface area contributed by atoms with Gasteiger partial charge in [0.2, 0.25) is 15.9 Å². The maximum absolute atomic E-state index is 12.4. The minimum absolute atomic E-state index is 0.149. The van der Waals surface area contributed by atoms with Crippen molar-refractivity contribution < 1.29 is 13.2 Å². The molecular weight excluding hydrogens is 418 g/mol. The lowest BCUT2D eigenvalue weighted by Gasteiger charge is -2.12. The summed E-state index contributed by atoms with van der Waals surface area (Å²) < 4.78 is 26.9. The minimum Gasteiger partial charge on any atom is -0.332 e. The molecule has 0 bridgehead atoms.